The van der Waals surface area contributed by atoms with Crippen molar-refractivity contribution < 1.29 is 0 Å². The summed E-state index contributed by atoms with van der Waals surface area (Å²) in [6.45, 7) is 9.05. The molecule has 2 aliphatic carbocycles. The van der Waals surface area contributed by atoms with Gasteiger partial charge in [-0.25, -0.2) is 4.68 Å². The second kappa shape index (κ2) is 10.0. The van der Waals surface area contributed by atoms with Crippen LogP contribution in [0.25, 0.3) is 10.9 Å². The average Bonchev–Trinajstić information content (AvgIpc) is 3.87. The van der Waals surface area contributed by atoms with Crippen LogP contribution in [-0.4, -0.2) is 26.5 Å². The summed E-state index contributed by atoms with van der Waals surface area (Å²) in [6.07, 6.45) is 8.41. The number of fused-ring (bicyclic) bond motifs is 1. The predicted molar refractivity (Wildman–Crippen MR) is 161 cm³/mol. The lowest BCUT2D eigenvalue weighted by Gasteiger charge is -2.23. The van der Waals surface area contributed by atoms with Gasteiger partial charge in [0.05, 0.1) is 51.2 Å². The minimum Gasteiger partial charge on any atom is -0.383 e. The van der Waals surface area contributed by atoms with Gasteiger partial charge in [0.1, 0.15) is 11.8 Å². The number of benzene rings is 2. The van der Waals surface area contributed by atoms with Crippen LogP contribution >= 0.6 is 11.6 Å². The minimum atomic E-state index is -0.376. The summed E-state index contributed by atoms with van der Waals surface area (Å²) in [6, 6.07) is 13.8. The van der Waals surface area contributed by atoms with Crippen LogP contribution in [-0.2, 0) is 5.54 Å². The molecule has 0 amide bonds. The molecule has 2 aromatic heterocycles. The standard InChI is InChI=1S/C32H33ClN8/c1-19-20(14-34)6-5-7-24(19)30(27-17-41(40-39-27)32(10-11-32)22-8-9-22)38-23-12-25-28(37-18-31(2,3)4)21(15-35)16-36-29(25)26(33)13-23/h5-7,12-13,16-17,22,30,38H,8-11,18H2,1-4H3,(H,36,37). The molecule has 2 aromatic carbocycles. The molecule has 208 valence electrons. The van der Waals surface area contributed by atoms with Crippen LogP contribution in [0.4, 0.5) is 11.4 Å². The van der Waals surface area contributed by atoms with E-state index in [9.17, 15) is 10.5 Å². The Hall–Kier alpha value is -4.14. The maximum atomic E-state index is 9.86. The van der Waals surface area contributed by atoms with E-state index in [1.165, 1.54) is 12.8 Å². The van der Waals surface area contributed by atoms with E-state index in [1.54, 1.807) is 6.20 Å². The first-order valence-electron chi connectivity index (χ1n) is 14.1. The van der Waals surface area contributed by atoms with Crippen molar-refractivity contribution >= 4 is 33.9 Å². The van der Waals surface area contributed by atoms with E-state index in [2.05, 4.69) is 69.7 Å². The highest BCUT2D eigenvalue weighted by atomic mass is 35.5. The van der Waals surface area contributed by atoms with E-state index in [1.807, 2.05) is 37.3 Å². The van der Waals surface area contributed by atoms with Gasteiger partial charge < -0.3 is 10.6 Å². The molecule has 0 spiro atoms. The van der Waals surface area contributed by atoms with E-state index in [-0.39, 0.29) is 17.0 Å². The molecular weight excluding hydrogens is 532 g/mol. The Morgan fingerprint density at radius 1 is 1.15 bits per heavy atom. The molecule has 0 aliphatic heterocycles. The molecule has 1 atom stereocenters. The average molecular weight is 565 g/mol. The van der Waals surface area contributed by atoms with E-state index < -0.39 is 0 Å². The molecule has 9 heteroatoms. The first-order chi connectivity index (χ1) is 19.6. The van der Waals surface area contributed by atoms with Crippen molar-refractivity contribution in [1.82, 2.24) is 20.0 Å². The van der Waals surface area contributed by atoms with Crippen LogP contribution < -0.4 is 10.6 Å². The van der Waals surface area contributed by atoms with Crippen molar-refractivity contribution in [3.8, 4) is 12.1 Å². The first-order valence-corrected chi connectivity index (χ1v) is 14.5. The minimum absolute atomic E-state index is 0.00155. The van der Waals surface area contributed by atoms with Gasteiger partial charge in [-0.15, -0.1) is 5.10 Å². The Bertz CT molecular complexity index is 1730. The normalized spacial score (nSPS) is 16.6. The fourth-order valence-corrected chi connectivity index (χ4v) is 6.00. The van der Waals surface area contributed by atoms with E-state index in [0.29, 0.717) is 39.8 Å². The van der Waals surface area contributed by atoms with Gasteiger partial charge in [-0.2, -0.15) is 10.5 Å². The summed E-state index contributed by atoms with van der Waals surface area (Å²) >= 11 is 6.80. The van der Waals surface area contributed by atoms with Crippen molar-refractivity contribution in [2.24, 2.45) is 11.3 Å². The molecule has 6 rings (SSSR count). The number of pyridine rings is 1. The third-order valence-electron chi connectivity index (χ3n) is 8.32. The summed E-state index contributed by atoms with van der Waals surface area (Å²) in [7, 11) is 0. The quantitative estimate of drug-likeness (QED) is 0.235. The van der Waals surface area contributed by atoms with Crippen LogP contribution in [0, 0.1) is 40.9 Å². The van der Waals surface area contributed by atoms with Crippen LogP contribution in [0.1, 0.15) is 80.4 Å². The van der Waals surface area contributed by atoms with E-state index in [4.69, 9.17) is 11.6 Å². The van der Waals surface area contributed by atoms with Gasteiger partial charge in [0, 0.05) is 23.8 Å². The second-order valence-corrected chi connectivity index (χ2v) is 13.0. The van der Waals surface area contributed by atoms with Gasteiger partial charge in [-0.3, -0.25) is 4.98 Å². The number of rotatable bonds is 8. The van der Waals surface area contributed by atoms with Crippen molar-refractivity contribution in [2.75, 3.05) is 17.2 Å². The van der Waals surface area contributed by atoms with Gasteiger partial charge in [-0.1, -0.05) is 49.7 Å². The van der Waals surface area contributed by atoms with Gasteiger partial charge in [0.15, 0.2) is 0 Å². The topological polar surface area (TPSA) is 115 Å². The van der Waals surface area contributed by atoms with Crippen LogP contribution in [0.5, 0.6) is 0 Å². The molecule has 0 bridgehead atoms. The lowest BCUT2D eigenvalue weighted by molar-refractivity contribution is 0.371. The van der Waals surface area contributed by atoms with E-state index in [0.717, 1.165) is 40.7 Å². The number of hydrogen-bond donors (Lipinski definition) is 2. The molecule has 8 nitrogen and oxygen atoms in total. The van der Waals surface area contributed by atoms with Crippen LogP contribution in [0.2, 0.25) is 5.02 Å². The molecular formula is C32H33ClN8. The van der Waals surface area contributed by atoms with Gasteiger partial charge in [0.25, 0.3) is 0 Å². The Labute approximate surface area is 245 Å². The molecule has 0 saturated heterocycles. The van der Waals surface area contributed by atoms with Crippen LogP contribution in [0.3, 0.4) is 0 Å². The molecule has 0 radical (unpaired) electrons. The van der Waals surface area contributed by atoms with Crippen molar-refractivity contribution in [3.05, 3.63) is 75.7 Å². The summed E-state index contributed by atoms with van der Waals surface area (Å²) in [5, 5.41) is 37.2. The van der Waals surface area contributed by atoms with Crippen molar-refractivity contribution in [3.63, 3.8) is 0 Å². The van der Waals surface area contributed by atoms with Crippen molar-refractivity contribution in [1.29, 1.82) is 10.5 Å². The number of nitrogens with zero attached hydrogens (tertiary/aromatic N) is 6. The molecule has 2 saturated carbocycles. The zero-order chi connectivity index (χ0) is 28.9. The smallest absolute Gasteiger partial charge is 0.110 e. The molecule has 41 heavy (non-hydrogen) atoms. The van der Waals surface area contributed by atoms with Gasteiger partial charge >= 0.3 is 0 Å². The molecule has 4 aromatic rings. The Balaban J connectivity index is 1.45. The number of nitrogens with one attached hydrogen (secondary N) is 2. The highest BCUT2D eigenvalue weighted by Crippen LogP contribution is 2.59. The lowest BCUT2D eigenvalue weighted by atomic mass is 9.95. The lowest BCUT2D eigenvalue weighted by Crippen LogP contribution is -2.20. The highest BCUT2D eigenvalue weighted by molar-refractivity contribution is 6.35. The zero-order valence-corrected chi connectivity index (χ0v) is 24.5. The number of anilines is 2. The third kappa shape index (κ3) is 5.09. The highest BCUT2D eigenvalue weighted by Gasteiger charge is 2.56. The van der Waals surface area contributed by atoms with Gasteiger partial charge in [-0.05, 0) is 73.3 Å². The SMILES string of the molecule is Cc1c(C#N)cccc1C(Nc1cc(Cl)c2ncc(C#N)c(NCC(C)(C)C)c2c1)c1cn(C2(C3CC3)CC2)nn1. The fraction of sp³-hybridized carbons (Fsp3) is 0.406. The zero-order valence-electron chi connectivity index (χ0n) is 23.8. The van der Waals surface area contributed by atoms with Crippen LogP contribution in [0.15, 0.2) is 42.7 Å². The van der Waals surface area contributed by atoms with E-state index >= 15 is 0 Å². The number of hydrogen-bond acceptors (Lipinski definition) is 7. The maximum absolute atomic E-state index is 9.86. The largest absolute Gasteiger partial charge is 0.383 e. The summed E-state index contributed by atoms with van der Waals surface area (Å²) in [4.78, 5) is 4.51. The van der Waals surface area contributed by atoms with Crippen molar-refractivity contribution in [2.45, 2.75) is 65.0 Å². The number of halogens is 1. The Kier molecular flexibility index (Phi) is 6.63. The molecule has 2 aliphatic rings. The fourth-order valence-electron chi connectivity index (χ4n) is 5.74. The van der Waals surface area contributed by atoms with Gasteiger partial charge in [0.2, 0.25) is 0 Å². The number of aromatic nitrogens is 4. The summed E-state index contributed by atoms with van der Waals surface area (Å²) < 4.78 is 2.07. The Morgan fingerprint density at radius 2 is 1.90 bits per heavy atom. The molecule has 2 fully saturated rings. The molecule has 1 unspecified atom stereocenters. The second-order valence-electron chi connectivity index (χ2n) is 12.6. The molecule has 2 N–H and O–H groups in total. The monoisotopic (exact) mass is 564 g/mol. The summed E-state index contributed by atoms with van der Waals surface area (Å²) in [5.74, 6) is 0.687. The molecule has 2 heterocycles. The summed E-state index contributed by atoms with van der Waals surface area (Å²) in [5.41, 5.74) is 5.88. The third-order valence-corrected chi connectivity index (χ3v) is 8.61. The maximum Gasteiger partial charge on any atom is 0.110 e. The predicted octanol–water partition coefficient (Wildman–Crippen LogP) is 7.09. The first kappa shape index (κ1) is 27.1. The number of nitriles is 2. The Morgan fingerprint density at radius 3 is 2.56 bits per heavy atom.